The third-order valence-corrected chi connectivity index (χ3v) is 1.07. The number of aromatic amines is 2. The Bertz CT molecular complexity index is 369. The molecule has 1 aromatic rings. The topological polar surface area (TPSA) is 90.6 Å². The van der Waals surface area contributed by atoms with Crippen LogP contribution in [0.3, 0.4) is 0 Å². The molecule has 0 bridgehead atoms. The number of rotatable bonds is 2. The highest BCUT2D eigenvalue weighted by atomic mass is 16.2. The van der Waals surface area contributed by atoms with Crippen molar-refractivity contribution in [2.45, 2.75) is 0 Å². The lowest BCUT2D eigenvalue weighted by atomic mass is 10.5. The van der Waals surface area contributed by atoms with Crippen LogP contribution in [0.25, 0.3) is 0 Å². The highest BCUT2D eigenvalue weighted by Gasteiger charge is 2.07. The Labute approximate surface area is 67.4 Å². The van der Waals surface area contributed by atoms with Gasteiger partial charge in [-0.25, -0.2) is 9.89 Å². The molecule has 3 N–H and O–H groups in total. The number of terminal acetylenes is 1. The first-order valence-corrected chi connectivity index (χ1v) is 3.10. The second-order valence-electron chi connectivity index (χ2n) is 1.91. The number of carbonyl (C=O) groups is 1. The largest absolute Gasteiger partial charge is 0.341 e. The molecule has 0 radical (unpaired) electrons. The number of hydrogen-bond donors (Lipinski definition) is 3. The molecule has 6 nitrogen and oxygen atoms in total. The van der Waals surface area contributed by atoms with Crippen molar-refractivity contribution in [2.75, 3.05) is 6.54 Å². The monoisotopic (exact) mass is 166 g/mol. The van der Waals surface area contributed by atoms with E-state index in [1.165, 1.54) is 0 Å². The van der Waals surface area contributed by atoms with E-state index in [9.17, 15) is 9.59 Å². The van der Waals surface area contributed by atoms with Crippen LogP contribution >= 0.6 is 0 Å². The summed E-state index contributed by atoms with van der Waals surface area (Å²) >= 11 is 0. The van der Waals surface area contributed by atoms with Gasteiger partial charge in [0.05, 0.1) is 6.54 Å². The van der Waals surface area contributed by atoms with Crippen LogP contribution in [0.4, 0.5) is 0 Å². The van der Waals surface area contributed by atoms with E-state index < -0.39 is 11.6 Å². The maximum atomic E-state index is 11.0. The molecule has 1 heterocycles. The normalized spacial score (nSPS) is 8.92. The molecular formula is C6H6N4O2. The van der Waals surface area contributed by atoms with Crippen LogP contribution in [0.5, 0.6) is 0 Å². The summed E-state index contributed by atoms with van der Waals surface area (Å²) in [4.78, 5) is 23.6. The molecule has 62 valence electrons. The number of aromatic nitrogens is 3. The van der Waals surface area contributed by atoms with E-state index in [2.05, 4.69) is 26.4 Å². The van der Waals surface area contributed by atoms with E-state index in [4.69, 9.17) is 6.42 Å². The van der Waals surface area contributed by atoms with Gasteiger partial charge >= 0.3 is 5.69 Å². The van der Waals surface area contributed by atoms with Gasteiger partial charge in [0.2, 0.25) is 5.82 Å². The van der Waals surface area contributed by atoms with Crippen LogP contribution in [0.15, 0.2) is 4.79 Å². The zero-order valence-electron chi connectivity index (χ0n) is 6.05. The van der Waals surface area contributed by atoms with E-state index in [1.807, 2.05) is 0 Å². The number of amides is 1. The van der Waals surface area contributed by atoms with Crippen molar-refractivity contribution in [1.29, 1.82) is 0 Å². The van der Waals surface area contributed by atoms with Gasteiger partial charge in [-0.3, -0.25) is 9.78 Å². The van der Waals surface area contributed by atoms with E-state index in [1.54, 1.807) is 0 Å². The van der Waals surface area contributed by atoms with Crippen molar-refractivity contribution in [3.8, 4) is 12.3 Å². The number of hydrogen-bond acceptors (Lipinski definition) is 3. The van der Waals surface area contributed by atoms with Crippen molar-refractivity contribution in [3.05, 3.63) is 16.3 Å². The fourth-order valence-corrected chi connectivity index (χ4v) is 0.593. The highest BCUT2D eigenvalue weighted by Crippen LogP contribution is 1.79. The SMILES string of the molecule is C#CCNC(=O)c1n[nH]c(=O)[nH]1. The predicted octanol–water partition coefficient (Wildman–Crippen LogP) is -1.54. The zero-order valence-corrected chi connectivity index (χ0v) is 6.05. The number of H-pyrrole nitrogens is 2. The van der Waals surface area contributed by atoms with Crippen LogP contribution in [0.2, 0.25) is 0 Å². The Balaban J connectivity index is 2.67. The molecular weight excluding hydrogens is 160 g/mol. The Morgan fingerprint density at radius 2 is 2.50 bits per heavy atom. The van der Waals surface area contributed by atoms with E-state index in [0.29, 0.717) is 0 Å². The van der Waals surface area contributed by atoms with Crippen LogP contribution in [-0.2, 0) is 0 Å². The summed E-state index contributed by atoms with van der Waals surface area (Å²) in [5.41, 5.74) is -0.527. The second-order valence-corrected chi connectivity index (χ2v) is 1.91. The lowest BCUT2D eigenvalue weighted by Crippen LogP contribution is -2.25. The van der Waals surface area contributed by atoms with Gasteiger partial charge in [0.1, 0.15) is 0 Å². The quantitative estimate of drug-likeness (QED) is 0.465. The van der Waals surface area contributed by atoms with Crippen molar-refractivity contribution < 1.29 is 4.79 Å². The van der Waals surface area contributed by atoms with Crippen molar-refractivity contribution in [3.63, 3.8) is 0 Å². The average molecular weight is 166 g/mol. The van der Waals surface area contributed by atoms with Gasteiger partial charge in [0, 0.05) is 0 Å². The highest BCUT2D eigenvalue weighted by molar-refractivity contribution is 5.90. The molecule has 0 saturated carbocycles. The molecule has 0 aliphatic rings. The smallest absolute Gasteiger partial charge is 0.338 e. The fourth-order valence-electron chi connectivity index (χ4n) is 0.593. The second kappa shape index (κ2) is 3.39. The number of nitrogens with one attached hydrogen (secondary N) is 3. The third-order valence-electron chi connectivity index (χ3n) is 1.07. The Hall–Kier alpha value is -2.03. The minimum absolute atomic E-state index is 0.0738. The molecule has 0 aliphatic carbocycles. The molecule has 0 aromatic carbocycles. The Kier molecular flexibility index (Phi) is 2.28. The van der Waals surface area contributed by atoms with Gasteiger partial charge in [-0.1, -0.05) is 5.92 Å². The molecule has 0 atom stereocenters. The zero-order chi connectivity index (χ0) is 8.97. The summed E-state index contributed by atoms with van der Waals surface area (Å²) in [6.45, 7) is 0.105. The number of carbonyl (C=O) groups excluding carboxylic acids is 1. The maximum Gasteiger partial charge on any atom is 0.341 e. The van der Waals surface area contributed by atoms with E-state index >= 15 is 0 Å². The van der Waals surface area contributed by atoms with E-state index in [0.717, 1.165) is 0 Å². The van der Waals surface area contributed by atoms with Crippen LogP contribution in [0, 0.1) is 12.3 Å². The van der Waals surface area contributed by atoms with Gasteiger partial charge < -0.3 is 5.32 Å². The van der Waals surface area contributed by atoms with Gasteiger partial charge in [-0.15, -0.1) is 11.5 Å². The minimum atomic E-state index is -0.527. The van der Waals surface area contributed by atoms with Crippen LogP contribution in [0.1, 0.15) is 10.6 Å². The minimum Gasteiger partial charge on any atom is -0.338 e. The maximum absolute atomic E-state index is 11.0. The summed E-state index contributed by atoms with van der Waals surface area (Å²) in [6, 6.07) is 0. The van der Waals surface area contributed by atoms with Crippen LogP contribution < -0.4 is 11.0 Å². The fraction of sp³-hybridized carbons (Fsp3) is 0.167. The average Bonchev–Trinajstić information content (AvgIpc) is 2.47. The Morgan fingerprint density at radius 3 is 3.00 bits per heavy atom. The molecule has 12 heavy (non-hydrogen) atoms. The van der Waals surface area contributed by atoms with Crippen molar-refractivity contribution in [1.82, 2.24) is 20.5 Å². The van der Waals surface area contributed by atoms with Gasteiger partial charge in [0.25, 0.3) is 5.91 Å². The van der Waals surface area contributed by atoms with Gasteiger partial charge in [-0.05, 0) is 0 Å². The first-order valence-electron chi connectivity index (χ1n) is 3.10. The lowest BCUT2D eigenvalue weighted by molar-refractivity contribution is 0.0948. The molecule has 0 saturated heterocycles. The molecule has 1 aromatic heterocycles. The molecule has 0 aliphatic heterocycles. The van der Waals surface area contributed by atoms with Crippen molar-refractivity contribution in [2.24, 2.45) is 0 Å². The van der Waals surface area contributed by atoms with E-state index in [-0.39, 0.29) is 12.4 Å². The van der Waals surface area contributed by atoms with Crippen molar-refractivity contribution >= 4 is 5.91 Å². The lowest BCUT2D eigenvalue weighted by Gasteiger charge is -1.93. The number of nitrogens with zero attached hydrogens (tertiary/aromatic N) is 1. The summed E-state index contributed by atoms with van der Waals surface area (Å²) in [6.07, 6.45) is 4.90. The predicted molar refractivity (Wildman–Crippen MR) is 40.4 cm³/mol. The van der Waals surface area contributed by atoms with Crippen LogP contribution in [-0.4, -0.2) is 27.6 Å². The molecule has 0 spiro atoms. The third kappa shape index (κ3) is 1.73. The van der Waals surface area contributed by atoms with Gasteiger partial charge in [0.15, 0.2) is 0 Å². The molecule has 0 fully saturated rings. The molecule has 6 heteroatoms. The summed E-state index contributed by atoms with van der Waals surface area (Å²) in [5.74, 6) is 1.63. The molecule has 1 rings (SSSR count). The summed E-state index contributed by atoms with van der Waals surface area (Å²) in [5, 5.41) is 7.78. The van der Waals surface area contributed by atoms with Gasteiger partial charge in [-0.2, -0.15) is 0 Å². The molecule has 1 amide bonds. The summed E-state index contributed by atoms with van der Waals surface area (Å²) < 4.78 is 0. The first kappa shape index (κ1) is 8.07. The standard InChI is InChI=1S/C6H6N4O2/c1-2-3-7-5(11)4-8-6(12)10-9-4/h1H,3H2,(H,7,11)(H2,8,9,10,12). The molecule has 0 unspecified atom stereocenters. The Morgan fingerprint density at radius 1 is 1.75 bits per heavy atom. The summed E-state index contributed by atoms with van der Waals surface area (Å²) in [7, 11) is 0. The first-order chi connectivity index (χ1) is 5.74.